The summed E-state index contributed by atoms with van der Waals surface area (Å²) in [5.74, 6) is 0. The lowest BCUT2D eigenvalue weighted by Crippen LogP contribution is -2.13. The number of nitrogens with zero attached hydrogens (tertiary/aromatic N) is 3. The number of hydrogen-bond acceptors (Lipinski definition) is 5. The molecule has 0 atom stereocenters. The molecular weight excluding hydrogens is 184 g/mol. The van der Waals surface area contributed by atoms with E-state index in [4.69, 9.17) is 15.9 Å². The molecule has 0 bridgehead atoms. The van der Waals surface area contributed by atoms with Crippen LogP contribution in [0.1, 0.15) is 0 Å². The van der Waals surface area contributed by atoms with Crippen molar-refractivity contribution in [1.82, 2.24) is 0 Å². The van der Waals surface area contributed by atoms with E-state index in [0.717, 1.165) is 0 Å². The zero-order chi connectivity index (χ0) is 9.84. The van der Waals surface area contributed by atoms with Crippen LogP contribution in [0.15, 0.2) is 27.7 Å². The minimum atomic E-state index is 0.0885. The van der Waals surface area contributed by atoms with Crippen molar-refractivity contribution >= 4 is 24.2 Å². The molecule has 0 aliphatic heterocycles. The van der Waals surface area contributed by atoms with Gasteiger partial charge < -0.3 is 0 Å². The van der Waals surface area contributed by atoms with Crippen LogP contribution in [-0.2, 0) is 0 Å². The third-order valence-corrected chi connectivity index (χ3v) is 1.70. The second-order valence-electron chi connectivity index (χ2n) is 2.24. The fraction of sp³-hybridized carbons (Fsp3) is 0. The molecule has 0 aromatic rings. The first kappa shape index (κ1) is 9.24. The van der Waals surface area contributed by atoms with Gasteiger partial charge in [0.2, 0.25) is 0 Å². The van der Waals surface area contributed by atoms with Crippen LogP contribution in [0.4, 0.5) is 0 Å². The number of allylic oxidation sites excluding steroid dienone is 4. The fourth-order valence-electron chi connectivity index (χ4n) is 0.856. The van der Waals surface area contributed by atoms with Gasteiger partial charge in [0.25, 0.3) is 0 Å². The molecule has 4 nitrogen and oxygen atoms in total. The lowest BCUT2D eigenvalue weighted by molar-refractivity contribution is 1.42. The maximum atomic E-state index is 8.63. The summed E-state index contributed by atoms with van der Waals surface area (Å²) < 4.78 is 3.50. The van der Waals surface area contributed by atoms with Crippen molar-refractivity contribution in [3.8, 4) is 12.1 Å². The minimum absolute atomic E-state index is 0.0885. The quantitative estimate of drug-likeness (QED) is 0.442. The molecule has 0 aromatic heterocycles. The van der Waals surface area contributed by atoms with E-state index in [1.165, 1.54) is 12.2 Å². The summed E-state index contributed by atoms with van der Waals surface area (Å²) in [7, 11) is 0. The summed E-state index contributed by atoms with van der Waals surface area (Å²) in [6.45, 7) is 0. The van der Waals surface area contributed by atoms with Crippen LogP contribution >= 0.6 is 12.8 Å². The number of nitriles is 2. The smallest absolute Gasteiger partial charge is 0.101 e. The van der Waals surface area contributed by atoms with Gasteiger partial charge in [-0.25, -0.2) is 4.40 Å². The molecular formula is C8H4N4S. The number of nitrogens with one attached hydrogen (secondary N) is 1. The van der Waals surface area contributed by atoms with E-state index >= 15 is 0 Å². The summed E-state index contributed by atoms with van der Waals surface area (Å²) in [6.07, 6.45) is 2.67. The van der Waals surface area contributed by atoms with Gasteiger partial charge in [-0.05, 0) is 25.0 Å². The third-order valence-electron chi connectivity index (χ3n) is 1.48. The van der Waals surface area contributed by atoms with E-state index in [2.05, 4.69) is 17.2 Å². The Morgan fingerprint density at radius 2 is 1.77 bits per heavy atom. The SMILES string of the molecule is N#CC1=CC(=N)/C(=N\S)C=C1C#N. The minimum Gasteiger partial charge on any atom is -0.299 e. The van der Waals surface area contributed by atoms with Crippen LogP contribution in [0.3, 0.4) is 0 Å². The molecule has 13 heavy (non-hydrogen) atoms. The van der Waals surface area contributed by atoms with E-state index in [-0.39, 0.29) is 16.9 Å². The van der Waals surface area contributed by atoms with Crippen LogP contribution in [-0.4, -0.2) is 11.4 Å². The zero-order valence-corrected chi connectivity index (χ0v) is 7.34. The Bertz CT molecular complexity index is 428. The topological polar surface area (TPSA) is 83.8 Å². The molecule has 0 fully saturated rings. The molecule has 0 unspecified atom stereocenters. The van der Waals surface area contributed by atoms with Crippen LogP contribution in [0.5, 0.6) is 0 Å². The van der Waals surface area contributed by atoms with Crippen LogP contribution in [0.25, 0.3) is 0 Å². The van der Waals surface area contributed by atoms with E-state index < -0.39 is 0 Å². The molecule has 1 aliphatic carbocycles. The summed E-state index contributed by atoms with van der Waals surface area (Å²) in [4.78, 5) is 0. The van der Waals surface area contributed by atoms with Gasteiger partial charge in [0.05, 0.1) is 22.6 Å². The van der Waals surface area contributed by atoms with Crippen molar-refractivity contribution in [2.24, 2.45) is 4.40 Å². The number of hydrogen-bond donors (Lipinski definition) is 2. The molecule has 0 amide bonds. The van der Waals surface area contributed by atoms with Crippen molar-refractivity contribution in [2.45, 2.75) is 0 Å². The normalized spacial score (nSPS) is 18.7. The van der Waals surface area contributed by atoms with Gasteiger partial charge in [0, 0.05) is 0 Å². The molecule has 0 saturated carbocycles. The van der Waals surface area contributed by atoms with Gasteiger partial charge in [0.15, 0.2) is 0 Å². The van der Waals surface area contributed by atoms with Gasteiger partial charge in [-0.1, -0.05) is 0 Å². The molecule has 0 saturated heterocycles. The lowest BCUT2D eigenvalue weighted by atomic mass is 9.97. The van der Waals surface area contributed by atoms with Crippen LogP contribution in [0, 0.1) is 28.1 Å². The van der Waals surface area contributed by atoms with Gasteiger partial charge in [-0.3, -0.25) is 5.41 Å². The highest BCUT2D eigenvalue weighted by molar-refractivity contribution is 7.79. The van der Waals surface area contributed by atoms with Gasteiger partial charge in [-0.2, -0.15) is 10.5 Å². The third kappa shape index (κ3) is 1.66. The Labute approximate surface area is 80.6 Å². The van der Waals surface area contributed by atoms with E-state index in [0.29, 0.717) is 5.71 Å². The van der Waals surface area contributed by atoms with Crippen molar-refractivity contribution < 1.29 is 0 Å². The van der Waals surface area contributed by atoms with E-state index in [9.17, 15) is 0 Å². The summed E-state index contributed by atoms with van der Waals surface area (Å²) in [6, 6.07) is 3.68. The standard InChI is InChI=1S/C8H4N4S/c9-3-5-1-7(11)8(12-13)2-6(5)4-10/h1-2,11,13H/b11-7?,12-8-. The maximum absolute atomic E-state index is 8.63. The van der Waals surface area contributed by atoms with Gasteiger partial charge >= 0.3 is 0 Å². The Morgan fingerprint density at radius 3 is 2.23 bits per heavy atom. The average Bonchev–Trinajstić information content (AvgIpc) is 2.17. The van der Waals surface area contributed by atoms with Crippen LogP contribution < -0.4 is 0 Å². The molecule has 1 N–H and O–H groups in total. The first-order valence-electron chi connectivity index (χ1n) is 3.28. The Morgan fingerprint density at radius 1 is 1.23 bits per heavy atom. The number of thiol groups is 1. The number of rotatable bonds is 0. The Kier molecular flexibility index (Phi) is 2.63. The van der Waals surface area contributed by atoms with Crippen molar-refractivity contribution in [3.05, 3.63) is 23.3 Å². The van der Waals surface area contributed by atoms with Gasteiger partial charge in [0.1, 0.15) is 12.1 Å². The highest BCUT2D eigenvalue weighted by Crippen LogP contribution is 2.14. The van der Waals surface area contributed by atoms with Crippen LogP contribution in [0.2, 0.25) is 0 Å². The van der Waals surface area contributed by atoms with Crippen molar-refractivity contribution in [3.63, 3.8) is 0 Å². The highest BCUT2D eigenvalue weighted by atomic mass is 32.1. The second-order valence-corrected chi connectivity index (χ2v) is 2.44. The maximum Gasteiger partial charge on any atom is 0.101 e. The highest BCUT2D eigenvalue weighted by Gasteiger charge is 2.15. The Balaban J connectivity index is 3.25. The van der Waals surface area contributed by atoms with Gasteiger partial charge in [-0.15, -0.1) is 0 Å². The molecule has 62 valence electrons. The predicted molar refractivity (Wildman–Crippen MR) is 51.5 cm³/mol. The first-order valence-corrected chi connectivity index (χ1v) is 3.68. The first-order chi connectivity index (χ1) is 6.22. The molecule has 1 rings (SSSR count). The zero-order valence-electron chi connectivity index (χ0n) is 6.44. The molecule has 0 heterocycles. The lowest BCUT2D eigenvalue weighted by Gasteiger charge is -2.05. The predicted octanol–water partition coefficient (Wildman–Crippen LogP) is 1.21. The Hall–Kier alpha value is -1.85. The molecule has 0 radical (unpaired) electrons. The summed E-state index contributed by atoms with van der Waals surface area (Å²) in [5, 5.41) is 24.6. The largest absolute Gasteiger partial charge is 0.299 e. The molecule has 1 aliphatic rings. The summed E-state index contributed by atoms with van der Waals surface area (Å²) in [5.41, 5.74) is 0.781. The monoisotopic (exact) mass is 188 g/mol. The van der Waals surface area contributed by atoms with Crippen molar-refractivity contribution in [2.75, 3.05) is 0 Å². The molecule has 0 spiro atoms. The summed E-state index contributed by atoms with van der Waals surface area (Å²) >= 11 is 3.64. The fourth-order valence-corrected chi connectivity index (χ4v) is 1.02. The van der Waals surface area contributed by atoms with Crippen molar-refractivity contribution in [1.29, 1.82) is 15.9 Å². The average molecular weight is 188 g/mol. The molecule has 5 heteroatoms. The van der Waals surface area contributed by atoms with E-state index in [1.54, 1.807) is 0 Å². The van der Waals surface area contributed by atoms with E-state index in [1.807, 2.05) is 12.1 Å². The second kappa shape index (κ2) is 3.70. The molecule has 0 aromatic carbocycles.